The van der Waals surface area contributed by atoms with Crippen molar-refractivity contribution in [1.82, 2.24) is 5.32 Å². The van der Waals surface area contributed by atoms with Crippen LogP contribution in [0.25, 0.3) is 6.08 Å². The van der Waals surface area contributed by atoms with E-state index in [2.05, 4.69) is 10.1 Å². The largest absolute Gasteiger partial charge is 0.467 e. The second-order valence-corrected chi connectivity index (χ2v) is 5.67. The molecule has 1 atom stereocenters. The number of benzene rings is 2. The van der Waals surface area contributed by atoms with Gasteiger partial charge in [-0.25, -0.2) is 9.59 Å². The first-order valence-corrected chi connectivity index (χ1v) is 8.34. The van der Waals surface area contributed by atoms with Crippen LogP contribution in [0.3, 0.4) is 0 Å². The summed E-state index contributed by atoms with van der Waals surface area (Å²) in [4.78, 5) is 36.1. The molecule has 0 unspecified atom stereocenters. The highest BCUT2D eigenvalue weighted by Crippen LogP contribution is 2.09. The first-order valence-electron chi connectivity index (χ1n) is 8.34. The van der Waals surface area contributed by atoms with Gasteiger partial charge in [-0.2, -0.15) is 0 Å². The number of methoxy groups -OCH3 is 2. The highest BCUT2D eigenvalue weighted by Gasteiger charge is 2.21. The summed E-state index contributed by atoms with van der Waals surface area (Å²) in [6.07, 6.45) is 3.92. The number of amides is 1. The number of rotatable bonds is 7. The molecule has 6 heteroatoms. The number of ether oxygens (including phenoxy) is 2. The maximum absolute atomic E-state index is 12.5. The third kappa shape index (κ3) is 5.81. The van der Waals surface area contributed by atoms with E-state index in [4.69, 9.17) is 4.74 Å². The summed E-state index contributed by atoms with van der Waals surface area (Å²) in [5.74, 6) is -1.57. The zero-order valence-electron chi connectivity index (χ0n) is 15.2. The van der Waals surface area contributed by atoms with Crippen molar-refractivity contribution >= 4 is 23.9 Å². The normalized spacial score (nSPS) is 11.6. The van der Waals surface area contributed by atoms with Gasteiger partial charge in [-0.15, -0.1) is 0 Å². The van der Waals surface area contributed by atoms with E-state index in [0.29, 0.717) is 0 Å². The minimum atomic E-state index is -0.843. The molecule has 1 amide bonds. The average Bonchev–Trinajstić information content (AvgIpc) is 2.72. The third-order valence-electron chi connectivity index (χ3n) is 3.82. The predicted octanol–water partition coefficient (Wildman–Crippen LogP) is 2.85. The van der Waals surface area contributed by atoms with Crippen LogP contribution in [0.1, 0.15) is 32.7 Å². The van der Waals surface area contributed by atoms with Crippen LogP contribution in [0.4, 0.5) is 0 Å². The molecule has 2 aromatic carbocycles. The van der Waals surface area contributed by atoms with Crippen LogP contribution in [0, 0.1) is 0 Å². The molecule has 0 aliphatic carbocycles. The van der Waals surface area contributed by atoms with E-state index in [-0.39, 0.29) is 17.5 Å². The Labute approximate surface area is 157 Å². The fourth-order valence-electron chi connectivity index (χ4n) is 2.41. The highest BCUT2D eigenvalue weighted by atomic mass is 16.5. The second-order valence-electron chi connectivity index (χ2n) is 5.67. The first kappa shape index (κ1) is 19.9. The lowest BCUT2D eigenvalue weighted by molar-refractivity contribution is -0.142. The van der Waals surface area contributed by atoms with Crippen molar-refractivity contribution in [2.45, 2.75) is 12.5 Å². The van der Waals surface area contributed by atoms with Crippen LogP contribution in [0.15, 0.2) is 60.7 Å². The summed E-state index contributed by atoms with van der Waals surface area (Å²) < 4.78 is 9.42. The molecule has 0 aromatic heterocycles. The van der Waals surface area contributed by atoms with Gasteiger partial charge in [-0.1, -0.05) is 48.6 Å². The number of carbonyl (C=O) groups is 3. The third-order valence-corrected chi connectivity index (χ3v) is 3.82. The van der Waals surface area contributed by atoms with Gasteiger partial charge in [0.2, 0.25) is 0 Å². The van der Waals surface area contributed by atoms with Crippen LogP contribution in [0.2, 0.25) is 0 Å². The molecule has 2 rings (SSSR count). The van der Waals surface area contributed by atoms with Crippen LogP contribution in [-0.2, 0) is 14.3 Å². The monoisotopic (exact) mass is 367 g/mol. The maximum atomic E-state index is 12.5. The van der Waals surface area contributed by atoms with Gasteiger partial charge in [0.05, 0.1) is 19.8 Å². The average molecular weight is 367 g/mol. The fraction of sp³-hybridized carbons (Fsp3) is 0.190. The van der Waals surface area contributed by atoms with Crippen molar-refractivity contribution in [3.63, 3.8) is 0 Å². The molecule has 1 N–H and O–H groups in total. The molecule has 0 aliphatic heterocycles. The minimum Gasteiger partial charge on any atom is -0.467 e. The Morgan fingerprint density at radius 2 is 1.67 bits per heavy atom. The topological polar surface area (TPSA) is 81.7 Å². The smallest absolute Gasteiger partial charge is 0.337 e. The number of esters is 2. The summed E-state index contributed by atoms with van der Waals surface area (Å²) in [7, 11) is 2.53. The number of carbonyl (C=O) groups excluding carboxylic acids is 3. The number of nitrogens with one attached hydrogen (secondary N) is 1. The summed E-state index contributed by atoms with van der Waals surface area (Å²) in [6, 6.07) is 14.8. The van der Waals surface area contributed by atoms with E-state index in [1.165, 1.54) is 20.3 Å². The molecule has 0 aliphatic rings. The van der Waals surface area contributed by atoms with Crippen molar-refractivity contribution in [3.8, 4) is 0 Å². The van der Waals surface area contributed by atoms with Crippen LogP contribution in [0.5, 0.6) is 0 Å². The minimum absolute atomic E-state index is 0.249. The van der Waals surface area contributed by atoms with Crippen molar-refractivity contribution in [2.75, 3.05) is 14.2 Å². The molecular weight excluding hydrogens is 346 g/mol. The Hall–Kier alpha value is -3.41. The Bertz CT molecular complexity index is 829. The van der Waals surface area contributed by atoms with Crippen molar-refractivity contribution < 1.29 is 23.9 Å². The summed E-state index contributed by atoms with van der Waals surface area (Å²) in [5.41, 5.74) is 1.49. The summed E-state index contributed by atoms with van der Waals surface area (Å²) >= 11 is 0. The Morgan fingerprint density at radius 1 is 0.963 bits per heavy atom. The lowest BCUT2D eigenvalue weighted by atomic mass is 10.1. The van der Waals surface area contributed by atoms with E-state index < -0.39 is 23.9 Å². The maximum Gasteiger partial charge on any atom is 0.337 e. The Kier molecular flexibility index (Phi) is 7.31. The van der Waals surface area contributed by atoms with Gasteiger partial charge in [0.25, 0.3) is 5.91 Å². The molecule has 0 spiro atoms. The van der Waals surface area contributed by atoms with Crippen LogP contribution < -0.4 is 5.32 Å². The van der Waals surface area contributed by atoms with Crippen LogP contribution in [-0.4, -0.2) is 38.1 Å². The van der Waals surface area contributed by atoms with Crippen molar-refractivity contribution in [2.24, 2.45) is 0 Å². The fourth-order valence-corrected chi connectivity index (χ4v) is 2.41. The molecule has 140 valence electrons. The first-order chi connectivity index (χ1) is 13.0. The molecular formula is C21H21NO5. The van der Waals surface area contributed by atoms with Gasteiger partial charge in [-0.05, 0) is 30.2 Å². The predicted molar refractivity (Wildman–Crippen MR) is 101 cm³/mol. The summed E-state index contributed by atoms with van der Waals surface area (Å²) in [5, 5.41) is 2.64. The molecule has 2 aromatic rings. The quantitative estimate of drug-likeness (QED) is 0.761. The van der Waals surface area contributed by atoms with E-state index in [1.807, 2.05) is 36.4 Å². The highest BCUT2D eigenvalue weighted by molar-refractivity contribution is 5.99. The van der Waals surface area contributed by atoms with E-state index in [9.17, 15) is 14.4 Å². The lowest BCUT2D eigenvalue weighted by Crippen LogP contribution is -2.41. The van der Waals surface area contributed by atoms with E-state index in [0.717, 1.165) is 5.56 Å². The zero-order valence-corrected chi connectivity index (χ0v) is 15.2. The van der Waals surface area contributed by atoms with Crippen molar-refractivity contribution in [3.05, 3.63) is 77.4 Å². The molecule has 27 heavy (non-hydrogen) atoms. The van der Waals surface area contributed by atoms with Gasteiger partial charge >= 0.3 is 11.9 Å². The molecule has 6 nitrogen and oxygen atoms in total. The molecule has 0 radical (unpaired) electrons. The Balaban J connectivity index is 2.09. The molecule has 0 fully saturated rings. The molecule has 0 saturated heterocycles. The van der Waals surface area contributed by atoms with Gasteiger partial charge in [0.1, 0.15) is 6.04 Å². The van der Waals surface area contributed by atoms with Crippen LogP contribution >= 0.6 is 0 Å². The van der Waals surface area contributed by atoms with E-state index in [1.54, 1.807) is 24.3 Å². The Morgan fingerprint density at radius 3 is 2.33 bits per heavy atom. The van der Waals surface area contributed by atoms with Crippen molar-refractivity contribution in [1.29, 1.82) is 0 Å². The van der Waals surface area contributed by atoms with E-state index >= 15 is 0 Å². The number of hydrogen-bond donors (Lipinski definition) is 1. The molecule has 0 heterocycles. The van der Waals surface area contributed by atoms with Gasteiger partial charge < -0.3 is 14.8 Å². The number of hydrogen-bond acceptors (Lipinski definition) is 5. The summed E-state index contributed by atoms with van der Waals surface area (Å²) in [6.45, 7) is 0. The molecule has 0 saturated carbocycles. The zero-order chi connectivity index (χ0) is 19.6. The van der Waals surface area contributed by atoms with Gasteiger partial charge in [-0.3, -0.25) is 4.79 Å². The standard InChI is InChI=1S/C21H21NO5/c1-26-20(24)17-12-7-11-16(14-17)19(23)22-18(21(25)27-2)13-6-10-15-8-4-3-5-9-15/h3-12,14,18H,13H2,1-2H3,(H,22,23)/b10-6+/t18-/m1/s1. The second kappa shape index (κ2) is 9.91. The van der Waals surface area contributed by atoms with Gasteiger partial charge in [0.15, 0.2) is 0 Å². The molecule has 0 bridgehead atoms. The van der Waals surface area contributed by atoms with Gasteiger partial charge in [0, 0.05) is 5.56 Å². The lowest BCUT2D eigenvalue weighted by Gasteiger charge is -2.15. The SMILES string of the molecule is COC(=O)c1cccc(C(=O)N[C@H](C/C=C/c2ccccc2)C(=O)OC)c1.